The fourth-order valence-corrected chi connectivity index (χ4v) is 3.15. The number of carboxylic acids is 1. The number of hydrogen-bond acceptors (Lipinski definition) is 5. The first-order chi connectivity index (χ1) is 12.3. The number of halogens is 1. The minimum atomic E-state index is -1.29. The van der Waals surface area contributed by atoms with Crippen molar-refractivity contribution in [2.75, 3.05) is 11.4 Å². The molecule has 0 aromatic heterocycles. The molecule has 1 aromatic rings. The monoisotopic (exact) mass is 361 g/mol. The molecule has 0 saturated carbocycles. The first kappa shape index (κ1) is 17.7. The maximum absolute atomic E-state index is 14.5. The molecule has 3 amide bonds. The first-order valence-electron chi connectivity index (χ1n) is 8.12. The summed E-state index contributed by atoms with van der Waals surface area (Å²) in [6, 6.07) is 2.33. The highest BCUT2D eigenvalue weighted by Crippen LogP contribution is 2.35. The van der Waals surface area contributed by atoms with Gasteiger partial charge in [0.15, 0.2) is 6.10 Å². The van der Waals surface area contributed by atoms with E-state index in [1.807, 2.05) is 0 Å². The lowest BCUT2D eigenvalue weighted by Crippen LogP contribution is -2.39. The number of carbonyl (C=O) groups is 3. The molecule has 136 valence electrons. The zero-order valence-corrected chi connectivity index (χ0v) is 13.9. The SMILES string of the molecule is CC(Oc1cc(N2C(=O)C3CCCCN3C2=O)c(F)cc1C#N)C(=O)O. The maximum atomic E-state index is 14.5. The molecule has 8 nitrogen and oxygen atoms in total. The van der Waals surface area contributed by atoms with Crippen LogP contribution in [0.25, 0.3) is 0 Å². The van der Waals surface area contributed by atoms with Gasteiger partial charge < -0.3 is 14.7 Å². The summed E-state index contributed by atoms with van der Waals surface area (Å²) in [5, 5.41) is 18.1. The van der Waals surface area contributed by atoms with E-state index in [2.05, 4.69) is 0 Å². The van der Waals surface area contributed by atoms with Crippen LogP contribution in [0.5, 0.6) is 5.75 Å². The second kappa shape index (κ2) is 6.63. The molecule has 3 rings (SSSR count). The van der Waals surface area contributed by atoms with Gasteiger partial charge in [-0.1, -0.05) is 0 Å². The third-order valence-electron chi connectivity index (χ3n) is 4.51. The molecule has 9 heteroatoms. The summed E-state index contributed by atoms with van der Waals surface area (Å²) in [4.78, 5) is 38.3. The molecule has 0 radical (unpaired) electrons. The molecule has 2 fully saturated rings. The Bertz CT molecular complexity index is 810. The smallest absolute Gasteiger partial charge is 0.344 e. The van der Waals surface area contributed by atoms with Gasteiger partial charge in [-0.3, -0.25) is 4.79 Å². The first-order valence-corrected chi connectivity index (χ1v) is 8.12. The molecule has 0 aliphatic carbocycles. The van der Waals surface area contributed by atoms with Crippen LogP contribution in [-0.4, -0.2) is 46.6 Å². The van der Waals surface area contributed by atoms with Gasteiger partial charge in [0.05, 0.1) is 11.3 Å². The van der Waals surface area contributed by atoms with Crippen molar-refractivity contribution in [1.82, 2.24) is 4.90 Å². The molecule has 2 unspecified atom stereocenters. The lowest BCUT2D eigenvalue weighted by atomic mass is 10.0. The van der Waals surface area contributed by atoms with Crippen molar-refractivity contribution in [3.8, 4) is 11.8 Å². The predicted octanol–water partition coefficient (Wildman–Crippen LogP) is 1.87. The largest absolute Gasteiger partial charge is 0.479 e. The van der Waals surface area contributed by atoms with Gasteiger partial charge in [-0.2, -0.15) is 5.26 Å². The number of carboxylic acid groups (broad SMARTS) is 1. The highest BCUT2D eigenvalue weighted by atomic mass is 19.1. The number of imide groups is 1. The predicted molar refractivity (Wildman–Crippen MR) is 86.1 cm³/mol. The Morgan fingerprint density at radius 3 is 2.77 bits per heavy atom. The number of anilines is 1. The van der Waals surface area contributed by atoms with Crippen LogP contribution in [0.15, 0.2) is 12.1 Å². The quantitative estimate of drug-likeness (QED) is 0.820. The number of amides is 3. The molecule has 2 atom stereocenters. The van der Waals surface area contributed by atoms with Crippen molar-refractivity contribution in [3.63, 3.8) is 0 Å². The molecule has 2 saturated heterocycles. The standard InChI is InChI=1S/C17H16FN3O5/c1-9(16(23)24)26-14-7-13(11(18)6-10(14)8-19)21-15(22)12-4-2-3-5-20(12)17(21)25/h6-7,9,12H,2-5H2,1H3,(H,23,24). The maximum Gasteiger partial charge on any atom is 0.344 e. The number of benzene rings is 1. The summed E-state index contributed by atoms with van der Waals surface area (Å²) < 4.78 is 19.7. The Hall–Kier alpha value is -3.15. The van der Waals surface area contributed by atoms with E-state index >= 15 is 0 Å². The van der Waals surface area contributed by atoms with E-state index in [-0.39, 0.29) is 17.0 Å². The van der Waals surface area contributed by atoms with E-state index in [9.17, 15) is 18.8 Å². The van der Waals surface area contributed by atoms with Gasteiger partial charge in [0.2, 0.25) is 0 Å². The number of ether oxygens (including phenoxy) is 1. The van der Waals surface area contributed by atoms with Crippen LogP contribution >= 0.6 is 0 Å². The third-order valence-corrected chi connectivity index (χ3v) is 4.51. The fourth-order valence-electron chi connectivity index (χ4n) is 3.15. The number of urea groups is 1. The van der Waals surface area contributed by atoms with Gasteiger partial charge in [-0.25, -0.2) is 18.9 Å². The number of hydrogen-bond donors (Lipinski definition) is 1. The van der Waals surface area contributed by atoms with E-state index in [0.29, 0.717) is 13.0 Å². The van der Waals surface area contributed by atoms with Crippen LogP contribution < -0.4 is 9.64 Å². The molecule has 2 heterocycles. The summed E-state index contributed by atoms with van der Waals surface area (Å²) >= 11 is 0. The average Bonchev–Trinajstić information content (AvgIpc) is 2.87. The Kier molecular flexibility index (Phi) is 4.50. The van der Waals surface area contributed by atoms with Crippen molar-refractivity contribution in [1.29, 1.82) is 5.26 Å². The Morgan fingerprint density at radius 1 is 1.42 bits per heavy atom. The van der Waals surface area contributed by atoms with E-state index in [0.717, 1.165) is 29.9 Å². The number of nitriles is 1. The lowest BCUT2D eigenvalue weighted by Gasteiger charge is -2.26. The van der Waals surface area contributed by atoms with Crippen LogP contribution in [0.2, 0.25) is 0 Å². The van der Waals surface area contributed by atoms with Crippen LogP contribution in [0.4, 0.5) is 14.9 Å². The Morgan fingerprint density at radius 2 is 2.15 bits per heavy atom. The van der Waals surface area contributed by atoms with Crippen molar-refractivity contribution in [2.45, 2.75) is 38.3 Å². The molecule has 1 N–H and O–H groups in total. The zero-order chi connectivity index (χ0) is 19.0. The van der Waals surface area contributed by atoms with Gasteiger partial charge in [-0.15, -0.1) is 0 Å². The van der Waals surface area contributed by atoms with Crippen LogP contribution in [0.3, 0.4) is 0 Å². The van der Waals surface area contributed by atoms with Gasteiger partial charge >= 0.3 is 12.0 Å². The van der Waals surface area contributed by atoms with E-state index in [4.69, 9.17) is 15.1 Å². The van der Waals surface area contributed by atoms with Gasteiger partial charge in [0.1, 0.15) is 23.7 Å². The molecule has 2 aliphatic heterocycles. The highest BCUT2D eigenvalue weighted by Gasteiger charge is 2.47. The van der Waals surface area contributed by atoms with Crippen LogP contribution in [0.1, 0.15) is 31.7 Å². The van der Waals surface area contributed by atoms with E-state index in [1.165, 1.54) is 11.8 Å². The highest BCUT2D eigenvalue weighted by molar-refractivity contribution is 6.21. The second-order valence-corrected chi connectivity index (χ2v) is 6.17. The molecule has 0 spiro atoms. The summed E-state index contributed by atoms with van der Waals surface area (Å²) in [6.07, 6.45) is 0.785. The molecule has 2 aliphatic rings. The van der Waals surface area contributed by atoms with Crippen molar-refractivity contribution < 1.29 is 28.6 Å². The zero-order valence-electron chi connectivity index (χ0n) is 13.9. The summed E-state index contributed by atoms with van der Waals surface area (Å²) in [6.45, 7) is 1.67. The number of nitrogens with zero attached hydrogens (tertiary/aromatic N) is 3. The Labute approximate surface area is 148 Å². The molecular formula is C17H16FN3O5. The summed E-state index contributed by atoms with van der Waals surface area (Å²) in [5.41, 5.74) is -0.572. The lowest BCUT2D eigenvalue weighted by molar-refractivity contribution is -0.144. The van der Waals surface area contributed by atoms with Crippen LogP contribution in [0, 0.1) is 17.1 Å². The van der Waals surface area contributed by atoms with Gasteiger partial charge in [-0.05, 0) is 32.3 Å². The minimum absolute atomic E-state index is 0.204. The Balaban J connectivity index is 2.02. The number of carbonyl (C=O) groups excluding carboxylic acids is 2. The molecule has 1 aromatic carbocycles. The molecule has 0 bridgehead atoms. The number of piperidine rings is 1. The second-order valence-electron chi connectivity index (χ2n) is 6.17. The average molecular weight is 361 g/mol. The number of aliphatic carboxylic acids is 1. The number of rotatable bonds is 4. The van der Waals surface area contributed by atoms with Gasteiger partial charge in [0.25, 0.3) is 5.91 Å². The van der Waals surface area contributed by atoms with Gasteiger partial charge in [0, 0.05) is 12.6 Å². The van der Waals surface area contributed by atoms with Crippen molar-refractivity contribution >= 4 is 23.6 Å². The third kappa shape index (κ3) is 2.83. The van der Waals surface area contributed by atoms with Crippen LogP contribution in [-0.2, 0) is 9.59 Å². The van der Waals surface area contributed by atoms with Crippen molar-refractivity contribution in [3.05, 3.63) is 23.5 Å². The van der Waals surface area contributed by atoms with E-state index in [1.54, 1.807) is 6.07 Å². The minimum Gasteiger partial charge on any atom is -0.479 e. The van der Waals surface area contributed by atoms with E-state index < -0.39 is 35.9 Å². The fraction of sp³-hybridized carbons (Fsp3) is 0.412. The summed E-state index contributed by atoms with van der Waals surface area (Å²) in [5.74, 6) is -2.94. The van der Waals surface area contributed by atoms with Crippen molar-refractivity contribution in [2.24, 2.45) is 0 Å². The normalized spacial score (nSPS) is 20.6. The number of fused-ring (bicyclic) bond motifs is 1. The summed E-state index contributed by atoms with van der Waals surface area (Å²) in [7, 11) is 0. The topological polar surface area (TPSA) is 111 Å². The molecular weight excluding hydrogens is 345 g/mol. The molecule has 26 heavy (non-hydrogen) atoms.